The lowest BCUT2D eigenvalue weighted by Gasteiger charge is -2.50. The van der Waals surface area contributed by atoms with Crippen LogP contribution < -0.4 is 10.2 Å². The number of hydrogen-bond acceptors (Lipinski definition) is 8. The summed E-state index contributed by atoms with van der Waals surface area (Å²) in [6.45, 7) is 0.163. The number of amides is 4. The zero-order valence-electron chi connectivity index (χ0n) is 28.5. The Hall–Kier alpha value is -5.32. The van der Waals surface area contributed by atoms with E-state index in [-0.39, 0.29) is 53.4 Å². The van der Waals surface area contributed by atoms with E-state index >= 15 is 4.79 Å². The van der Waals surface area contributed by atoms with Gasteiger partial charge in [0, 0.05) is 23.0 Å². The summed E-state index contributed by atoms with van der Waals surface area (Å²) in [5.74, 6) is -4.94. The lowest BCUT2D eigenvalue weighted by atomic mass is 9.49. The van der Waals surface area contributed by atoms with Crippen LogP contribution in [0.3, 0.4) is 0 Å². The number of aromatic hydroxyl groups is 2. The molecule has 4 aromatic carbocycles. The highest BCUT2D eigenvalue weighted by Gasteiger charge is 2.70. The van der Waals surface area contributed by atoms with E-state index in [2.05, 4.69) is 5.43 Å². The van der Waals surface area contributed by atoms with Gasteiger partial charge in [0.05, 0.1) is 41.0 Å². The highest BCUT2D eigenvalue weighted by atomic mass is 35.5. The van der Waals surface area contributed by atoms with Gasteiger partial charge in [-0.25, -0.2) is 0 Å². The molecule has 12 heteroatoms. The van der Waals surface area contributed by atoms with Crippen molar-refractivity contribution in [3.8, 4) is 17.2 Å². The van der Waals surface area contributed by atoms with Crippen LogP contribution in [0.2, 0.25) is 10.0 Å². The van der Waals surface area contributed by atoms with E-state index in [0.29, 0.717) is 28.3 Å². The number of methoxy groups -OCH3 is 1. The number of carbonyl (C=O) groups is 4. The maximum absolute atomic E-state index is 15.3. The standard InChI is InChI=1S/C41H35Cl2N3O7/c1-53-26-13-8-23(9-14-26)41-31(38(50)46(40(41)52)44-33-17-10-24(42)20-32(33)43)21-30-27(36(41)28-4-2-3-5-34(28)48)15-16-29-35(30)39(51)45(37(29)49)19-18-22-6-11-25(47)12-7-22/h2-15,17,20,29-31,35-36,44,47-48H,16,18-19,21H2,1H3. The van der Waals surface area contributed by atoms with E-state index in [4.69, 9.17) is 27.9 Å². The van der Waals surface area contributed by atoms with Crippen LogP contribution in [0.1, 0.15) is 35.4 Å². The molecular formula is C41H35Cl2N3O7. The van der Waals surface area contributed by atoms with E-state index in [1.165, 1.54) is 18.1 Å². The third-order valence-electron chi connectivity index (χ3n) is 11.5. The quantitative estimate of drug-likeness (QED) is 0.135. The van der Waals surface area contributed by atoms with Crippen molar-refractivity contribution < 1.29 is 34.1 Å². The number of halogens is 2. The lowest BCUT2D eigenvalue weighted by molar-refractivity contribution is -0.141. The zero-order chi connectivity index (χ0) is 37.2. The van der Waals surface area contributed by atoms with Gasteiger partial charge >= 0.3 is 0 Å². The normalized spacial score (nSPS) is 26.2. The molecule has 3 N–H and O–H groups in total. The van der Waals surface area contributed by atoms with E-state index in [1.54, 1.807) is 84.9 Å². The number of benzene rings is 4. The molecule has 10 nitrogen and oxygen atoms in total. The Balaban J connectivity index is 1.26. The van der Waals surface area contributed by atoms with E-state index in [0.717, 1.165) is 16.1 Å². The van der Waals surface area contributed by atoms with Crippen LogP contribution in [0.15, 0.2) is 103 Å². The highest BCUT2D eigenvalue weighted by Crippen LogP contribution is 2.65. The van der Waals surface area contributed by atoms with Crippen LogP contribution in [0.25, 0.3) is 0 Å². The van der Waals surface area contributed by atoms with Gasteiger partial charge in [0.15, 0.2) is 0 Å². The predicted octanol–water partition coefficient (Wildman–Crippen LogP) is 6.64. The number of allylic oxidation sites excluding steroid dienone is 2. The number of hydrogen-bond donors (Lipinski definition) is 3. The molecule has 2 aliphatic heterocycles. The maximum Gasteiger partial charge on any atom is 0.260 e. The Labute approximate surface area is 315 Å². The highest BCUT2D eigenvalue weighted by molar-refractivity contribution is 6.36. The largest absolute Gasteiger partial charge is 0.508 e. The number of anilines is 1. The van der Waals surface area contributed by atoms with Gasteiger partial charge in [-0.2, -0.15) is 5.01 Å². The smallest absolute Gasteiger partial charge is 0.260 e. The molecule has 270 valence electrons. The second kappa shape index (κ2) is 13.3. The Bertz CT molecular complexity index is 2190. The molecule has 3 fully saturated rings. The summed E-state index contributed by atoms with van der Waals surface area (Å²) < 4.78 is 5.45. The monoisotopic (exact) mass is 751 g/mol. The van der Waals surface area contributed by atoms with Crippen LogP contribution in [0, 0.1) is 23.7 Å². The van der Waals surface area contributed by atoms with Crippen LogP contribution in [-0.2, 0) is 31.0 Å². The number of para-hydroxylation sites is 1. The Morgan fingerprint density at radius 2 is 1.60 bits per heavy atom. The van der Waals surface area contributed by atoms with Crippen molar-refractivity contribution in [3.05, 3.63) is 129 Å². The molecule has 0 bridgehead atoms. The molecule has 0 radical (unpaired) electrons. The minimum Gasteiger partial charge on any atom is -0.508 e. The van der Waals surface area contributed by atoms with Crippen molar-refractivity contribution in [2.24, 2.45) is 23.7 Å². The number of fused-ring (bicyclic) bond motifs is 4. The fourth-order valence-electron chi connectivity index (χ4n) is 9.11. The second-order valence-electron chi connectivity index (χ2n) is 14.0. The fourth-order valence-corrected chi connectivity index (χ4v) is 9.56. The van der Waals surface area contributed by atoms with Gasteiger partial charge < -0.3 is 14.9 Å². The van der Waals surface area contributed by atoms with Crippen molar-refractivity contribution in [3.63, 3.8) is 0 Å². The molecule has 2 aliphatic carbocycles. The molecule has 0 aromatic heterocycles. The molecule has 8 rings (SSSR count). The van der Waals surface area contributed by atoms with Crippen molar-refractivity contribution in [2.45, 2.75) is 30.6 Å². The zero-order valence-corrected chi connectivity index (χ0v) is 30.1. The summed E-state index contributed by atoms with van der Waals surface area (Å²) in [5.41, 5.74) is 4.24. The van der Waals surface area contributed by atoms with Gasteiger partial charge in [-0.15, -0.1) is 0 Å². The minimum atomic E-state index is -1.58. The summed E-state index contributed by atoms with van der Waals surface area (Å²) in [6, 6.07) is 25.0. The molecule has 2 saturated heterocycles. The molecule has 1 saturated carbocycles. The Morgan fingerprint density at radius 1 is 0.868 bits per heavy atom. The van der Waals surface area contributed by atoms with Crippen molar-refractivity contribution in [1.29, 1.82) is 0 Å². The van der Waals surface area contributed by atoms with E-state index in [9.17, 15) is 24.6 Å². The van der Waals surface area contributed by atoms with Gasteiger partial charge in [-0.1, -0.05) is 77.3 Å². The van der Waals surface area contributed by atoms with Crippen LogP contribution in [0.5, 0.6) is 17.2 Å². The number of phenols is 2. The summed E-state index contributed by atoms with van der Waals surface area (Å²) in [5, 5.41) is 22.8. The van der Waals surface area contributed by atoms with E-state index < -0.39 is 46.8 Å². The number of imide groups is 2. The number of rotatable bonds is 8. The molecule has 53 heavy (non-hydrogen) atoms. The SMILES string of the molecule is COc1ccc(C23C(=O)N(Nc4ccc(Cl)cc4Cl)C(=O)C2CC2C(=CCC4C(=O)N(CCc5ccc(O)cc5)C(=O)C42)C3c2ccccc2O)cc1. The first-order chi connectivity index (χ1) is 25.5. The van der Waals surface area contributed by atoms with Crippen molar-refractivity contribution in [1.82, 2.24) is 9.91 Å². The number of carbonyl (C=O) groups excluding carboxylic acids is 4. The fraction of sp³-hybridized carbons (Fsp3) is 0.268. The average molecular weight is 753 g/mol. The van der Waals surface area contributed by atoms with Crippen LogP contribution >= 0.6 is 23.2 Å². The van der Waals surface area contributed by atoms with Gasteiger partial charge in [0.25, 0.3) is 11.8 Å². The first-order valence-electron chi connectivity index (χ1n) is 17.4. The second-order valence-corrected chi connectivity index (χ2v) is 14.9. The first-order valence-corrected chi connectivity index (χ1v) is 18.2. The molecule has 4 amide bonds. The van der Waals surface area contributed by atoms with Crippen molar-refractivity contribution >= 4 is 52.5 Å². The number of nitrogens with zero attached hydrogens (tertiary/aromatic N) is 2. The summed E-state index contributed by atoms with van der Waals surface area (Å²) in [7, 11) is 1.54. The third-order valence-corrected chi connectivity index (χ3v) is 12.0. The van der Waals surface area contributed by atoms with E-state index in [1.807, 2.05) is 6.08 Å². The Kier molecular flexibility index (Phi) is 8.70. The summed E-state index contributed by atoms with van der Waals surface area (Å²) in [6.07, 6.45) is 2.72. The minimum absolute atomic E-state index is 0.0652. The third kappa shape index (κ3) is 5.46. The molecule has 6 unspecified atom stereocenters. The van der Waals surface area contributed by atoms with Crippen molar-refractivity contribution in [2.75, 3.05) is 19.1 Å². The van der Waals surface area contributed by atoms with Gasteiger partial charge in [-0.3, -0.25) is 29.5 Å². The molecule has 6 atom stereocenters. The maximum atomic E-state index is 15.3. The predicted molar refractivity (Wildman–Crippen MR) is 197 cm³/mol. The Morgan fingerprint density at radius 3 is 2.30 bits per heavy atom. The number of phenolic OH excluding ortho intramolecular Hbond substituents is 2. The molecule has 4 aromatic rings. The van der Waals surface area contributed by atoms with Crippen LogP contribution in [0.4, 0.5) is 5.69 Å². The number of likely N-dealkylation sites (tertiary alicyclic amines) is 1. The lowest BCUT2D eigenvalue weighted by Crippen LogP contribution is -2.53. The summed E-state index contributed by atoms with van der Waals surface area (Å²) in [4.78, 5) is 59.8. The summed E-state index contributed by atoms with van der Waals surface area (Å²) >= 11 is 12.7. The van der Waals surface area contributed by atoms with Crippen LogP contribution in [-0.4, -0.2) is 57.4 Å². The number of hydrazine groups is 1. The number of nitrogens with one attached hydrogen (secondary N) is 1. The molecule has 2 heterocycles. The number of ether oxygens (including phenoxy) is 1. The molecule has 4 aliphatic rings. The molecular weight excluding hydrogens is 717 g/mol. The van der Waals surface area contributed by atoms with Gasteiger partial charge in [0.2, 0.25) is 11.8 Å². The topological polar surface area (TPSA) is 136 Å². The average Bonchev–Trinajstić information content (AvgIpc) is 3.53. The molecule has 0 spiro atoms. The first kappa shape index (κ1) is 34.7. The van der Waals surface area contributed by atoms with Gasteiger partial charge in [-0.05, 0) is 84.8 Å². The van der Waals surface area contributed by atoms with Gasteiger partial charge in [0.1, 0.15) is 17.2 Å².